The van der Waals surface area contributed by atoms with Crippen molar-refractivity contribution in [2.45, 2.75) is 44.1 Å². The molecule has 16 heavy (non-hydrogen) atoms. The number of aliphatic carboxylic acids is 1. The van der Waals surface area contributed by atoms with Gasteiger partial charge in [-0.25, -0.2) is 0 Å². The quantitative estimate of drug-likeness (QED) is 0.788. The molecular weight excluding hydrogens is 208 g/mol. The normalized spacial score (nSPS) is 30.2. The summed E-state index contributed by atoms with van der Waals surface area (Å²) in [6.07, 6.45) is 2.48. The lowest BCUT2D eigenvalue weighted by Gasteiger charge is -2.33. The van der Waals surface area contributed by atoms with Gasteiger partial charge in [-0.05, 0) is 32.6 Å². The van der Waals surface area contributed by atoms with Gasteiger partial charge in [-0.15, -0.1) is 0 Å². The first-order valence-electron chi connectivity index (χ1n) is 5.47. The van der Waals surface area contributed by atoms with Crippen LogP contribution < -0.4 is 5.73 Å². The number of rotatable bonds is 2. The van der Waals surface area contributed by atoms with Gasteiger partial charge >= 0.3 is 5.97 Å². The number of carbonyl (C=O) groups is 1. The molecule has 1 aromatic rings. The molecule has 0 atom stereocenters. The smallest absolute Gasteiger partial charge is 0.317 e. The predicted octanol–water partition coefficient (Wildman–Crippen LogP) is 1.21. The first-order chi connectivity index (χ1) is 7.54. The summed E-state index contributed by atoms with van der Waals surface area (Å²) >= 11 is 0. The molecule has 0 bridgehead atoms. The molecule has 0 unspecified atom stereocenters. The molecule has 1 aliphatic rings. The molecule has 1 aromatic heterocycles. The Morgan fingerprint density at radius 1 is 1.62 bits per heavy atom. The first-order valence-corrected chi connectivity index (χ1v) is 5.47. The molecule has 0 amide bonds. The third kappa shape index (κ3) is 1.71. The van der Waals surface area contributed by atoms with Crippen LogP contribution in [0.25, 0.3) is 0 Å². The van der Waals surface area contributed by atoms with Crippen molar-refractivity contribution < 1.29 is 14.4 Å². The van der Waals surface area contributed by atoms with Gasteiger partial charge in [-0.3, -0.25) is 4.79 Å². The zero-order valence-electron chi connectivity index (χ0n) is 9.27. The Balaban J connectivity index is 2.33. The van der Waals surface area contributed by atoms with Crippen molar-refractivity contribution in [2.75, 3.05) is 0 Å². The minimum absolute atomic E-state index is 0.108. The van der Waals surface area contributed by atoms with Crippen LogP contribution in [0.3, 0.4) is 0 Å². The van der Waals surface area contributed by atoms with E-state index in [1.807, 2.05) is 0 Å². The number of aryl methyl sites for hydroxylation is 1. The molecule has 2 rings (SSSR count). The van der Waals surface area contributed by atoms with Crippen molar-refractivity contribution in [1.82, 2.24) is 5.16 Å². The maximum absolute atomic E-state index is 11.5. The second-order valence-corrected chi connectivity index (χ2v) is 4.56. The van der Waals surface area contributed by atoms with E-state index in [9.17, 15) is 9.90 Å². The molecule has 0 aromatic carbocycles. The fourth-order valence-corrected chi connectivity index (χ4v) is 2.29. The minimum atomic E-state index is -0.920. The number of hydrogen-bond donors (Lipinski definition) is 2. The fraction of sp³-hybridized carbons (Fsp3) is 0.636. The standard InChI is InChI=1S/C11H16N2O3/c1-7-6-9(16-13-7)11(10(14)15)4-2-8(12)3-5-11/h6,8H,2-5,12H2,1H3,(H,14,15). The molecule has 0 saturated heterocycles. The van der Waals surface area contributed by atoms with E-state index in [2.05, 4.69) is 5.16 Å². The Morgan fingerprint density at radius 2 is 2.25 bits per heavy atom. The van der Waals surface area contributed by atoms with Gasteiger partial charge in [0, 0.05) is 12.1 Å². The topological polar surface area (TPSA) is 89.3 Å². The lowest BCUT2D eigenvalue weighted by Crippen LogP contribution is -2.42. The van der Waals surface area contributed by atoms with Crippen LogP contribution in [0.5, 0.6) is 0 Å². The molecule has 88 valence electrons. The molecule has 0 radical (unpaired) electrons. The fourth-order valence-electron chi connectivity index (χ4n) is 2.29. The number of nitrogens with two attached hydrogens (primary N) is 1. The SMILES string of the molecule is Cc1cc(C2(C(=O)O)CCC(N)CC2)on1. The highest BCUT2D eigenvalue weighted by Gasteiger charge is 2.46. The minimum Gasteiger partial charge on any atom is -0.480 e. The van der Waals surface area contributed by atoms with E-state index in [-0.39, 0.29) is 6.04 Å². The Labute approximate surface area is 93.6 Å². The van der Waals surface area contributed by atoms with E-state index in [1.165, 1.54) is 0 Å². The second-order valence-electron chi connectivity index (χ2n) is 4.56. The largest absolute Gasteiger partial charge is 0.480 e. The van der Waals surface area contributed by atoms with Crippen LogP contribution in [0.15, 0.2) is 10.6 Å². The van der Waals surface area contributed by atoms with Gasteiger partial charge in [-0.1, -0.05) is 5.16 Å². The molecule has 0 spiro atoms. The molecule has 0 aliphatic heterocycles. The van der Waals surface area contributed by atoms with Gasteiger partial charge in [0.05, 0.1) is 5.69 Å². The van der Waals surface area contributed by atoms with Crippen molar-refractivity contribution in [1.29, 1.82) is 0 Å². The summed E-state index contributed by atoms with van der Waals surface area (Å²) in [5, 5.41) is 13.2. The maximum Gasteiger partial charge on any atom is 0.317 e. The third-order valence-corrected chi connectivity index (χ3v) is 3.39. The molecule has 1 aliphatic carbocycles. The number of hydrogen-bond acceptors (Lipinski definition) is 4. The average Bonchev–Trinajstić information content (AvgIpc) is 2.66. The van der Waals surface area contributed by atoms with E-state index in [0.717, 1.165) is 0 Å². The lowest BCUT2D eigenvalue weighted by molar-refractivity contribution is -0.146. The zero-order valence-corrected chi connectivity index (χ0v) is 9.27. The van der Waals surface area contributed by atoms with Crippen molar-refractivity contribution in [3.63, 3.8) is 0 Å². The van der Waals surface area contributed by atoms with E-state index >= 15 is 0 Å². The summed E-state index contributed by atoms with van der Waals surface area (Å²) in [6, 6.07) is 1.82. The van der Waals surface area contributed by atoms with Crippen molar-refractivity contribution in [2.24, 2.45) is 5.73 Å². The Kier molecular flexibility index (Phi) is 2.71. The summed E-state index contributed by atoms with van der Waals surface area (Å²) in [5.41, 5.74) is 5.59. The summed E-state index contributed by atoms with van der Waals surface area (Å²) in [4.78, 5) is 11.5. The van der Waals surface area contributed by atoms with E-state index < -0.39 is 11.4 Å². The number of carboxylic acids is 1. The first kappa shape index (κ1) is 11.1. The summed E-state index contributed by atoms with van der Waals surface area (Å²) < 4.78 is 5.13. The maximum atomic E-state index is 11.5. The highest BCUT2D eigenvalue weighted by Crippen LogP contribution is 2.39. The lowest BCUT2D eigenvalue weighted by atomic mass is 9.71. The van der Waals surface area contributed by atoms with Gasteiger partial charge in [0.15, 0.2) is 5.76 Å². The van der Waals surface area contributed by atoms with E-state index in [0.29, 0.717) is 37.1 Å². The van der Waals surface area contributed by atoms with Crippen LogP contribution >= 0.6 is 0 Å². The van der Waals surface area contributed by atoms with Crippen LogP contribution in [0.1, 0.15) is 37.1 Å². The van der Waals surface area contributed by atoms with Gasteiger partial charge in [0.1, 0.15) is 5.41 Å². The van der Waals surface area contributed by atoms with E-state index in [4.69, 9.17) is 10.3 Å². The molecule has 1 fully saturated rings. The predicted molar refractivity (Wildman–Crippen MR) is 57.0 cm³/mol. The molecule has 3 N–H and O–H groups in total. The molecule has 5 nitrogen and oxygen atoms in total. The monoisotopic (exact) mass is 224 g/mol. The summed E-state index contributed by atoms with van der Waals surface area (Å²) in [5.74, 6) is -0.375. The van der Waals surface area contributed by atoms with Crippen LogP contribution in [0, 0.1) is 6.92 Å². The zero-order chi connectivity index (χ0) is 11.8. The van der Waals surface area contributed by atoms with Gasteiger partial charge in [0.25, 0.3) is 0 Å². The van der Waals surface area contributed by atoms with Gasteiger partial charge in [0.2, 0.25) is 0 Å². The Hall–Kier alpha value is -1.36. The van der Waals surface area contributed by atoms with Crippen molar-refractivity contribution >= 4 is 5.97 Å². The number of aromatic nitrogens is 1. The summed E-state index contributed by atoms with van der Waals surface area (Å²) in [6.45, 7) is 1.79. The second kappa shape index (κ2) is 3.90. The Bertz CT molecular complexity index is 392. The highest BCUT2D eigenvalue weighted by atomic mass is 16.5. The van der Waals surface area contributed by atoms with Gasteiger partial charge < -0.3 is 15.4 Å². The van der Waals surface area contributed by atoms with Crippen LogP contribution in [0.2, 0.25) is 0 Å². The average molecular weight is 224 g/mol. The highest BCUT2D eigenvalue weighted by molar-refractivity contribution is 5.80. The van der Waals surface area contributed by atoms with Crippen LogP contribution in [0.4, 0.5) is 0 Å². The van der Waals surface area contributed by atoms with Crippen molar-refractivity contribution in [3.8, 4) is 0 Å². The van der Waals surface area contributed by atoms with E-state index in [1.54, 1.807) is 13.0 Å². The summed E-state index contributed by atoms with van der Waals surface area (Å²) in [7, 11) is 0. The third-order valence-electron chi connectivity index (χ3n) is 3.39. The number of carboxylic acid groups (broad SMARTS) is 1. The molecule has 5 heteroatoms. The molecule has 1 saturated carbocycles. The van der Waals surface area contributed by atoms with Gasteiger partial charge in [-0.2, -0.15) is 0 Å². The van der Waals surface area contributed by atoms with Crippen molar-refractivity contribution in [3.05, 3.63) is 17.5 Å². The van der Waals surface area contributed by atoms with Crippen LogP contribution in [-0.2, 0) is 10.2 Å². The number of nitrogens with zero attached hydrogens (tertiary/aromatic N) is 1. The van der Waals surface area contributed by atoms with Crippen LogP contribution in [-0.4, -0.2) is 22.3 Å². The molecular formula is C11H16N2O3. The molecule has 1 heterocycles. The Morgan fingerprint density at radius 3 is 2.69 bits per heavy atom.